The highest BCUT2D eigenvalue weighted by Crippen LogP contribution is 2.32. The number of thioether (sulfide) groups is 1. The predicted molar refractivity (Wildman–Crippen MR) is 99.4 cm³/mol. The van der Waals surface area contributed by atoms with Gasteiger partial charge in [0, 0.05) is 6.20 Å². The van der Waals surface area contributed by atoms with Crippen molar-refractivity contribution < 1.29 is 8.42 Å². The molecule has 0 bridgehead atoms. The molecular weight excluding hydrogens is 386 g/mol. The van der Waals surface area contributed by atoms with E-state index in [1.807, 2.05) is 6.26 Å². The van der Waals surface area contributed by atoms with E-state index in [4.69, 9.17) is 11.6 Å². The zero-order valence-corrected chi connectivity index (χ0v) is 15.6. The summed E-state index contributed by atoms with van der Waals surface area (Å²) in [6, 6.07) is 11.7. The first-order valence-corrected chi connectivity index (χ1v) is 10.6. The maximum atomic E-state index is 12.5. The standard InChI is InChI=1S/C15H12ClN3O2S3/c1-22-15-17-9-8-12(18-15)13-6-7-14(23-13)24(20,21)19-11-5-3-2-4-10(11)16/h2-9,19H,1H3. The summed E-state index contributed by atoms with van der Waals surface area (Å²) in [7, 11) is -3.70. The summed E-state index contributed by atoms with van der Waals surface area (Å²) in [4.78, 5) is 9.25. The molecule has 0 aliphatic carbocycles. The fourth-order valence-corrected chi connectivity index (χ4v) is 4.87. The molecule has 0 saturated carbocycles. The van der Waals surface area contributed by atoms with Crippen LogP contribution in [0.25, 0.3) is 10.6 Å². The first-order chi connectivity index (χ1) is 11.5. The molecule has 3 rings (SSSR count). The van der Waals surface area contributed by atoms with Gasteiger partial charge in [0.05, 0.1) is 21.3 Å². The van der Waals surface area contributed by atoms with E-state index < -0.39 is 10.0 Å². The fraction of sp³-hybridized carbons (Fsp3) is 0.0667. The van der Waals surface area contributed by atoms with Crippen molar-refractivity contribution in [2.45, 2.75) is 9.37 Å². The summed E-state index contributed by atoms with van der Waals surface area (Å²) in [6.45, 7) is 0. The highest BCUT2D eigenvalue weighted by Gasteiger charge is 2.19. The zero-order chi connectivity index (χ0) is 17.2. The molecular formula is C15H12ClN3O2S3. The second kappa shape index (κ2) is 7.10. The molecule has 2 heterocycles. The van der Waals surface area contributed by atoms with Crippen LogP contribution in [0, 0.1) is 0 Å². The Morgan fingerprint density at radius 1 is 1.17 bits per heavy atom. The van der Waals surface area contributed by atoms with E-state index in [-0.39, 0.29) is 4.21 Å². The maximum Gasteiger partial charge on any atom is 0.271 e. The van der Waals surface area contributed by atoms with Gasteiger partial charge < -0.3 is 0 Å². The van der Waals surface area contributed by atoms with E-state index >= 15 is 0 Å². The maximum absolute atomic E-state index is 12.5. The van der Waals surface area contributed by atoms with Crippen molar-refractivity contribution in [1.29, 1.82) is 0 Å². The van der Waals surface area contributed by atoms with Gasteiger partial charge in [-0.2, -0.15) is 0 Å². The van der Waals surface area contributed by atoms with Crippen LogP contribution >= 0.6 is 34.7 Å². The van der Waals surface area contributed by atoms with Gasteiger partial charge >= 0.3 is 0 Å². The van der Waals surface area contributed by atoms with Gasteiger partial charge in [-0.3, -0.25) is 4.72 Å². The summed E-state index contributed by atoms with van der Waals surface area (Å²) < 4.78 is 27.8. The largest absolute Gasteiger partial charge is 0.277 e. The van der Waals surface area contributed by atoms with Crippen molar-refractivity contribution in [3.05, 3.63) is 53.7 Å². The van der Waals surface area contributed by atoms with Crippen LogP contribution in [0.3, 0.4) is 0 Å². The Kier molecular flexibility index (Phi) is 5.09. The minimum atomic E-state index is -3.70. The van der Waals surface area contributed by atoms with E-state index in [2.05, 4.69) is 14.7 Å². The molecule has 0 atom stereocenters. The molecule has 0 radical (unpaired) electrons. The van der Waals surface area contributed by atoms with Crippen molar-refractivity contribution in [2.24, 2.45) is 0 Å². The first-order valence-electron chi connectivity index (χ1n) is 6.74. The van der Waals surface area contributed by atoms with Crippen molar-refractivity contribution in [1.82, 2.24) is 9.97 Å². The van der Waals surface area contributed by atoms with Gasteiger partial charge in [0.25, 0.3) is 10.0 Å². The normalized spacial score (nSPS) is 11.4. The number of benzene rings is 1. The Bertz CT molecular complexity index is 973. The molecule has 9 heteroatoms. The van der Waals surface area contributed by atoms with Crippen LogP contribution in [-0.4, -0.2) is 24.6 Å². The average Bonchev–Trinajstić information content (AvgIpc) is 3.08. The quantitative estimate of drug-likeness (QED) is 0.511. The lowest BCUT2D eigenvalue weighted by atomic mass is 10.3. The van der Waals surface area contributed by atoms with Crippen LogP contribution in [0.4, 0.5) is 5.69 Å². The monoisotopic (exact) mass is 397 g/mol. The number of nitrogens with one attached hydrogen (secondary N) is 1. The SMILES string of the molecule is CSc1nccc(-c2ccc(S(=O)(=O)Nc3ccccc3Cl)s2)n1. The van der Waals surface area contributed by atoms with Gasteiger partial charge in [0.1, 0.15) is 4.21 Å². The van der Waals surface area contributed by atoms with Gasteiger partial charge in [-0.25, -0.2) is 18.4 Å². The third-order valence-corrected chi connectivity index (χ3v) is 6.89. The zero-order valence-electron chi connectivity index (χ0n) is 12.4. The van der Waals surface area contributed by atoms with E-state index in [0.29, 0.717) is 21.6 Å². The molecule has 0 spiro atoms. The summed E-state index contributed by atoms with van der Waals surface area (Å²) >= 11 is 8.58. The van der Waals surface area contributed by atoms with Crippen molar-refractivity contribution in [3.8, 4) is 10.6 Å². The highest BCUT2D eigenvalue weighted by atomic mass is 35.5. The van der Waals surface area contributed by atoms with E-state index in [1.165, 1.54) is 11.8 Å². The lowest BCUT2D eigenvalue weighted by Gasteiger charge is -2.07. The molecule has 24 heavy (non-hydrogen) atoms. The van der Waals surface area contributed by atoms with Gasteiger partial charge in [0.15, 0.2) is 5.16 Å². The predicted octanol–water partition coefficient (Wildman–Crippen LogP) is 4.38. The number of rotatable bonds is 5. The minimum absolute atomic E-state index is 0.196. The van der Waals surface area contributed by atoms with Gasteiger partial charge in [-0.05, 0) is 36.6 Å². The summed E-state index contributed by atoms with van der Waals surface area (Å²) in [5, 5.41) is 0.984. The lowest BCUT2D eigenvalue weighted by molar-refractivity contribution is 0.603. The van der Waals surface area contributed by atoms with Gasteiger partial charge in [-0.1, -0.05) is 35.5 Å². The average molecular weight is 398 g/mol. The molecule has 5 nitrogen and oxygen atoms in total. The number of thiophene rings is 1. The minimum Gasteiger partial charge on any atom is -0.277 e. The molecule has 0 aliphatic rings. The Labute approximate surface area is 153 Å². The number of nitrogens with zero attached hydrogens (tertiary/aromatic N) is 2. The summed E-state index contributed by atoms with van der Waals surface area (Å²) in [5.41, 5.74) is 1.04. The molecule has 0 fully saturated rings. The molecule has 124 valence electrons. The Morgan fingerprint density at radius 3 is 2.71 bits per heavy atom. The van der Waals surface area contributed by atoms with Crippen LogP contribution in [-0.2, 0) is 10.0 Å². The number of anilines is 1. The smallest absolute Gasteiger partial charge is 0.271 e. The molecule has 1 aromatic carbocycles. The Morgan fingerprint density at radius 2 is 1.96 bits per heavy atom. The number of hydrogen-bond acceptors (Lipinski definition) is 6. The topological polar surface area (TPSA) is 72.0 Å². The fourth-order valence-electron chi connectivity index (χ4n) is 1.92. The second-order valence-electron chi connectivity index (χ2n) is 4.63. The molecule has 3 aromatic rings. The molecule has 2 aromatic heterocycles. The van der Waals surface area contributed by atoms with Gasteiger partial charge in [0.2, 0.25) is 0 Å². The molecule has 0 amide bonds. The number of aromatic nitrogens is 2. The van der Waals surface area contributed by atoms with E-state index in [9.17, 15) is 8.42 Å². The lowest BCUT2D eigenvalue weighted by Crippen LogP contribution is -2.11. The Hall–Kier alpha value is -1.61. The number of para-hydroxylation sites is 1. The molecule has 1 N–H and O–H groups in total. The van der Waals surface area contributed by atoms with Crippen molar-refractivity contribution in [2.75, 3.05) is 11.0 Å². The second-order valence-corrected chi connectivity index (χ2v) is 8.81. The van der Waals surface area contributed by atoms with Gasteiger partial charge in [-0.15, -0.1) is 11.3 Å². The summed E-state index contributed by atoms with van der Waals surface area (Å²) in [6.07, 6.45) is 3.54. The molecule has 0 aliphatic heterocycles. The van der Waals surface area contributed by atoms with Crippen molar-refractivity contribution >= 4 is 50.4 Å². The van der Waals surface area contributed by atoms with Crippen LogP contribution < -0.4 is 4.72 Å². The van der Waals surface area contributed by atoms with Crippen LogP contribution in [0.15, 0.2) is 58.0 Å². The van der Waals surface area contributed by atoms with Crippen LogP contribution in [0.5, 0.6) is 0 Å². The Balaban J connectivity index is 1.90. The molecule has 0 saturated heterocycles. The molecule has 0 unspecified atom stereocenters. The third-order valence-electron chi connectivity index (χ3n) is 3.03. The number of halogens is 1. The first kappa shape index (κ1) is 17.2. The van der Waals surface area contributed by atoms with Crippen LogP contribution in [0.2, 0.25) is 5.02 Å². The number of sulfonamides is 1. The van der Waals surface area contributed by atoms with Crippen LogP contribution in [0.1, 0.15) is 0 Å². The van der Waals surface area contributed by atoms with E-state index in [1.54, 1.807) is 48.7 Å². The van der Waals surface area contributed by atoms with E-state index in [0.717, 1.165) is 16.2 Å². The number of hydrogen-bond donors (Lipinski definition) is 1. The highest BCUT2D eigenvalue weighted by molar-refractivity contribution is 7.98. The van der Waals surface area contributed by atoms with Crippen molar-refractivity contribution in [3.63, 3.8) is 0 Å². The third kappa shape index (κ3) is 3.72. The summed E-state index contributed by atoms with van der Waals surface area (Å²) in [5.74, 6) is 0.